The second-order valence-electron chi connectivity index (χ2n) is 3.84. The standard InChI is InChI=1S/C11H22N2O5/c1-9(10(14)15)12-11(16)13(6-8-18-3)5-4-7-17-2/h9H,4-8H2,1-3H3,(H,12,16)(H,14,15). The van der Waals surface area contributed by atoms with Crippen molar-refractivity contribution in [2.45, 2.75) is 19.4 Å². The summed E-state index contributed by atoms with van der Waals surface area (Å²) in [6, 6.07) is -1.32. The minimum Gasteiger partial charge on any atom is -0.480 e. The molecule has 0 rings (SSSR count). The summed E-state index contributed by atoms with van der Waals surface area (Å²) in [5.74, 6) is -1.06. The number of rotatable bonds is 9. The summed E-state index contributed by atoms with van der Waals surface area (Å²) in [4.78, 5) is 24.0. The summed E-state index contributed by atoms with van der Waals surface area (Å²) in [7, 11) is 3.14. The molecule has 0 aromatic carbocycles. The lowest BCUT2D eigenvalue weighted by atomic mass is 10.3. The molecule has 0 bridgehead atoms. The van der Waals surface area contributed by atoms with Crippen LogP contribution in [0, 0.1) is 0 Å². The van der Waals surface area contributed by atoms with Crippen molar-refractivity contribution >= 4 is 12.0 Å². The highest BCUT2D eigenvalue weighted by Crippen LogP contribution is 1.95. The Labute approximate surface area is 107 Å². The van der Waals surface area contributed by atoms with Gasteiger partial charge in [0.2, 0.25) is 0 Å². The first kappa shape index (κ1) is 16.7. The molecule has 0 aromatic rings. The number of carbonyl (C=O) groups is 2. The van der Waals surface area contributed by atoms with Crippen molar-refractivity contribution in [1.29, 1.82) is 0 Å². The predicted octanol–water partition coefficient (Wildman–Crippen LogP) is 0.154. The zero-order chi connectivity index (χ0) is 14.0. The molecule has 0 aliphatic heterocycles. The lowest BCUT2D eigenvalue weighted by molar-refractivity contribution is -0.138. The third-order valence-corrected chi connectivity index (χ3v) is 2.34. The van der Waals surface area contributed by atoms with Crippen LogP contribution in [0.3, 0.4) is 0 Å². The highest BCUT2D eigenvalue weighted by molar-refractivity contribution is 5.82. The van der Waals surface area contributed by atoms with Gasteiger partial charge in [-0.3, -0.25) is 4.79 Å². The molecule has 0 saturated carbocycles. The molecule has 7 heteroatoms. The number of ether oxygens (including phenoxy) is 2. The van der Waals surface area contributed by atoms with Crippen molar-refractivity contribution in [3.05, 3.63) is 0 Å². The van der Waals surface area contributed by atoms with E-state index >= 15 is 0 Å². The van der Waals surface area contributed by atoms with Crippen LogP contribution in [0.2, 0.25) is 0 Å². The van der Waals surface area contributed by atoms with E-state index in [4.69, 9.17) is 14.6 Å². The van der Waals surface area contributed by atoms with Crippen molar-refractivity contribution in [3.8, 4) is 0 Å². The number of amides is 2. The molecule has 0 aromatic heterocycles. The topological polar surface area (TPSA) is 88.1 Å². The Bertz CT molecular complexity index is 260. The van der Waals surface area contributed by atoms with E-state index in [0.29, 0.717) is 32.7 Å². The minimum atomic E-state index is -1.06. The monoisotopic (exact) mass is 262 g/mol. The summed E-state index contributed by atoms with van der Waals surface area (Å²) in [5.41, 5.74) is 0. The first-order valence-electron chi connectivity index (χ1n) is 5.79. The molecule has 0 heterocycles. The maximum absolute atomic E-state index is 11.8. The zero-order valence-electron chi connectivity index (χ0n) is 11.1. The van der Waals surface area contributed by atoms with E-state index in [-0.39, 0.29) is 0 Å². The average Bonchev–Trinajstić information content (AvgIpc) is 2.33. The number of carbonyl (C=O) groups excluding carboxylic acids is 1. The molecule has 1 atom stereocenters. The summed E-state index contributed by atoms with van der Waals surface area (Å²) in [6.45, 7) is 3.28. The van der Waals surface area contributed by atoms with Gasteiger partial charge in [0.05, 0.1) is 6.61 Å². The summed E-state index contributed by atoms with van der Waals surface area (Å²) < 4.78 is 9.82. The smallest absolute Gasteiger partial charge is 0.325 e. The number of methoxy groups -OCH3 is 2. The van der Waals surface area contributed by atoms with Crippen LogP contribution in [0.25, 0.3) is 0 Å². The molecule has 1 unspecified atom stereocenters. The summed E-state index contributed by atoms with van der Waals surface area (Å²) in [6.07, 6.45) is 0.690. The van der Waals surface area contributed by atoms with Crippen LogP contribution in [-0.4, -0.2) is 68.6 Å². The number of hydrogen-bond donors (Lipinski definition) is 2. The number of nitrogens with one attached hydrogen (secondary N) is 1. The van der Waals surface area contributed by atoms with Crippen molar-refractivity contribution in [1.82, 2.24) is 10.2 Å². The van der Waals surface area contributed by atoms with Gasteiger partial charge in [0.1, 0.15) is 6.04 Å². The van der Waals surface area contributed by atoms with E-state index in [0.717, 1.165) is 0 Å². The Kier molecular flexibility index (Phi) is 8.95. The molecule has 7 nitrogen and oxygen atoms in total. The van der Waals surface area contributed by atoms with Gasteiger partial charge in [-0.25, -0.2) is 4.79 Å². The van der Waals surface area contributed by atoms with E-state index in [9.17, 15) is 9.59 Å². The van der Waals surface area contributed by atoms with Crippen molar-refractivity contribution in [3.63, 3.8) is 0 Å². The third kappa shape index (κ3) is 7.08. The molecule has 0 saturated heterocycles. The molecule has 18 heavy (non-hydrogen) atoms. The van der Waals surface area contributed by atoms with Gasteiger partial charge >= 0.3 is 12.0 Å². The molecule has 0 spiro atoms. The lowest BCUT2D eigenvalue weighted by Gasteiger charge is -2.23. The van der Waals surface area contributed by atoms with E-state index in [2.05, 4.69) is 5.32 Å². The highest BCUT2D eigenvalue weighted by Gasteiger charge is 2.18. The van der Waals surface area contributed by atoms with Crippen LogP contribution in [0.15, 0.2) is 0 Å². The number of urea groups is 1. The number of carboxylic acid groups (broad SMARTS) is 1. The van der Waals surface area contributed by atoms with Gasteiger partial charge in [-0.1, -0.05) is 0 Å². The molecule has 0 radical (unpaired) electrons. The Balaban J connectivity index is 4.24. The molecular weight excluding hydrogens is 240 g/mol. The van der Waals surface area contributed by atoms with Crippen LogP contribution < -0.4 is 5.32 Å². The molecule has 2 N–H and O–H groups in total. The van der Waals surface area contributed by atoms with Gasteiger partial charge < -0.3 is 24.8 Å². The van der Waals surface area contributed by atoms with Crippen molar-refractivity contribution < 1.29 is 24.2 Å². The Hall–Kier alpha value is -1.34. The van der Waals surface area contributed by atoms with E-state index in [1.165, 1.54) is 11.8 Å². The number of carboxylic acids is 1. The fourth-order valence-corrected chi connectivity index (χ4v) is 1.25. The number of hydrogen-bond acceptors (Lipinski definition) is 4. The van der Waals surface area contributed by atoms with Crippen LogP contribution in [0.5, 0.6) is 0 Å². The SMILES string of the molecule is COCCCN(CCOC)C(=O)NC(C)C(=O)O. The van der Waals surface area contributed by atoms with Crippen LogP contribution in [0.1, 0.15) is 13.3 Å². The van der Waals surface area contributed by atoms with E-state index < -0.39 is 18.0 Å². The van der Waals surface area contributed by atoms with Gasteiger partial charge in [0.25, 0.3) is 0 Å². The van der Waals surface area contributed by atoms with E-state index in [1.807, 2.05) is 0 Å². The molecule has 2 amide bonds. The Morgan fingerprint density at radius 1 is 1.22 bits per heavy atom. The fourth-order valence-electron chi connectivity index (χ4n) is 1.25. The van der Waals surface area contributed by atoms with Gasteiger partial charge in [0.15, 0.2) is 0 Å². The second-order valence-corrected chi connectivity index (χ2v) is 3.84. The number of nitrogens with zero attached hydrogens (tertiary/aromatic N) is 1. The maximum atomic E-state index is 11.8. The van der Waals surface area contributed by atoms with Gasteiger partial charge in [-0.15, -0.1) is 0 Å². The van der Waals surface area contributed by atoms with Crippen molar-refractivity contribution in [2.75, 3.05) is 40.5 Å². The fraction of sp³-hybridized carbons (Fsp3) is 0.818. The van der Waals surface area contributed by atoms with Crippen LogP contribution in [0.4, 0.5) is 4.79 Å². The van der Waals surface area contributed by atoms with Crippen LogP contribution >= 0.6 is 0 Å². The average molecular weight is 262 g/mol. The summed E-state index contributed by atoms with van der Waals surface area (Å²) in [5, 5.41) is 11.1. The van der Waals surface area contributed by atoms with Crippen LogP contribution in [-0.2, 0) is 14.3 Å². The quantitative estimate of drug-likeness (QED) is 0.578. The van der Waals surface area contributed by atoms with Gasteiger partial charge in [0, 0.05) is 33.9 Å². The zero-order valence-corrected chi connectivity index (χ0v) is 11.1. The molecule has 0 aliphatic rings. The first-order valence-corrected chi connectivity index (χ1v) is 5.79. The maximum Gasteiger partial charge on any atom is 0.325 e. The lowest BCUT2D eigenvalue weighted by Crippen LogP contribution is -2.48. The van der Waals surface area contributed by atoms with Gasteiger partial charge in [-0.2, -0.15) is 0 Å². The number of aliphatic carboxylic acids is 1. The normalized spacial score (nSPS) is 11.9. The molecule has 106 valence electrons. The minimum absolute atomic E-state index is 0.405. The molecular formula is C11H22N2O5. The van der Waals surface area contributed by atoms with Gasteiger partial charge in [-0.05, 0) is 13.3 Å². The molecule has 0 fully saturated rings. The largest absolute Gasteiger partial charge is 0.480 e. The first-order chi connectivity index (χ1) is 8.52. The Morgan fingerprint density at radius 2 is 1.83 bits per heavy atom. The molecule has 0 aliphatic carbocycles. The second kappa shape index (κ2) is 9.67. The predicted molar refractivity (Wildman–Crippen MR) is 65.6 cm³/mol. The Morgan fingerprint density at radius 3 is 2.33 bits per heavy atom. The van der Waals surface area contributed by atoms with E-state index in [1.54, 1.807) is 14.2 Å². The van der Waals surface area contributed by atoms with Crippen molar-refractivity contribution in [2.24, 2.45) is 0 Å². The summed E-state index contributed by atoms with van der Waals surface area (Å²) >= 11 is 0. The highest BCUT2D eigenvalue weighted by atomic mass is 16.5. The third-order valence-electron chi connectivity index (χ3n) is 2.34.